The lowest BCUT2D eigenvalue weighted by Gasteiger charge is -2.07. The molecule has 126 valence electrons. The Bertz CT molecular complexity index is 1310. The smallest absolute Gasteiger partial charge is 0.279 e. The molecule has 0 aliphatic rings. The molecule has 0 saturated heterocycles. The second kappa shape index (κ2) is 5.57. The van der Waals surface area contributed by atoms with Crippen molar-refractivity contribution in [2.45, 2.75) is 6.92 Å². The number of nitrogens with zero attached hydrogens (tertiary/aromatic N) is 3. The van der Waals surface area contributed by atoms with Crippen LogP contribution in [0.2, 0.25) is 0 Å². The number of aryl methyl sites for hydroxylation is 1. The molecule has 0 radical (unpaired) electrons. The summed E-state index contributed by atoms with van der Waals surface area (Å²) in [4.78, 5) is 27.2. The Kier molecular flexibility index (Phi) is 3.34. The number of benzene rings is 2. The van der Waals surface area contributed by atoms with Gasteiger partial charge in [-0.25, -0.2) is 0 Å². The Balaban J connectivity index is 1.98. The summed E-state index contributed by atoms with van der Waals surface area (Å²) in [7, 11) is 0. The van der Waals surface area contributed by atoms with E-state index in [0.29, 0.717) is 32.8 Å². The summed E-state index contributed by atoms with van der Waals surface area (Å²) in [5.74, 6) is -0.174. The van der Waals surface area contributed by atoms with E-state index < -0.39 is 5.91 Å². The first-order chi connectivity index (χ1) is 12.5. The molecule has 0 spiro atoms. The van der Waals surface area contributed by atoms with Gasteiger partial charge in [-0.3, -0.25) is 9.59 Å². The van der Waals surface area contributed by atoms with Gasteiger partial charge in [0.25, 0.3) is 5.91 Å². The SMILES string of the molecule is Cc1cc2c(N)nn(C(=O)c3cccc4cc(=O)[nH]cc34)c2cc1C#N. The fourth-order valence-corrected chi connectivity index (χ4v) is 3.06. The van der Waals surface area contributed by atoms with Crippen molar-refractivity contribution in [1.82, 2.24) is 14.8 Å². The molecule has 7 heteroatoms. The van der Waals surface area contributed by atoms with Crippen molar-refractivity contribution in [1.29, 1.82) is 5.26 Å². The van der Waals surface area contributed by atoms with E-state index in [1.807, 2.05) is 0 Å². The van der Waals surface area contributed by atoms with Gasteiger partial charge < -0.3 is 10.7 Å². The second-order valence-corrected chi connectivity index (χ2v) is 6.00. The van der Waals surface area contributed by atoms with Crippen LogP contribution in [0.4, 0.5) is 5.82 Å². The van der Waals surface area contributed by atoms with E-state index in [1.54, 1.807) is 37.3 Å². The molecule has 4 aromatic rings. The predicted molar refractivity (Wildman–Crippen MR) is 97.9 cm³/mol. The topological polar surface area (TPSA) is 118 Å². The first-order valence-electron chi connectivity index (χ1n) is 7.84. The van der Waals surface area contributed by atoms with Gasteiger partial charge in [0.1, 0.15) is 0 Å². The molecule has 0 unspecified atom stereocenters. The molecule has 26 heavy (non-hydrogen) atoms. The lowest BCUT2D eigenvalue weighted by Crippen LogP contribution is -2.15. The van der Waals surface area contributed by atoms with Crippen LogP contribution in [0.5, 0.6) is 0 Å². The molecule has 2 aromatic carbocycles. The van der Waals surface area contributed by atoms with Crippen molar-refractivity contribution < 1.29 is 4.79 Å². The van der Waals surface area contributed by atoms with Crippen LogP contribution in [0, 0.1) is 18.3 Å². The molecule has 4 rings (SSSR count). The van der Waals surface area contributed by atoms with Crippen molar-refractivity contribution in [3.8, 4) is 6.07 Å². The van der Waals surface area contributed by atoms with E-state index in [0.717, 1.165) is 5.56 Å². The van der Waals surface area contributed by atoms with E-state index in [1.165, 1.54) is 16.9 Å². The highest BCUT2D eigenvalue weighted by molar-refractivity contribution is 6.11. The number of rotatable bonds is 1. The number of nitrogen functional groups attached to an aromatic ring is 1. The van der Waals surface area contributed by atoms with E-state index in [-0.39, 0.29) is 11.4 Å². The fourth-order valence-electron chi connectivity index (χ4n) is 3.06. The number of H-pyrrole nitrogens is 1. The Labute approximate surface area is 147 Å². The lowest BCUT2D eigenvalue weighted by molar-refractivity contribution is 0.0952. The van der Waals surface area contributed by atoms with Crippen LogP contribution < -0.4 is 11.3 Å². The number of aromatic nitrogens is 3. The standard InChI is InChI=1S/C19H13N5O2/c1-10-5-14-16(6-12(10)8-20)24(23-18(14)21)19(26)13-4-2-3-11-7-17(25)22-9-15(11)13/h2-7,9H,1H3,(H2,21,23)(H,22,25). The quantitative estimate of drug-likeness (QED) is 0.550. The molecular weight excluding hydrogens is 330 g/mol. The molecule has 3 N–H and O–H groups in total. The Morgan fingerprint density at radius 1 is 1.27 bits per heavy atom. The van der Waals surface area contributed by atoms with E-state index in [4.69, 9.17) is 5.73 Å². The van der Waals surface area contributed by atoms with Gasteiger partial charge in [0.15, 0.2) is 5.82 Å². The first-order valence-corrected chi connectivity index (χ1v) is 7.84. The molecule has 0 saturated carbocycles. The summed E-state index contributed by atoms with van der Waals surface area (Å²) < 4.78 is 1.20. The highest BCUT2D eigenvalue weighted by Crippen LogP contribution is 2.26. The van der Waals surface area contributed by atoms with Gasteiger partial charge in [0.05, 0.1) is 22.7 Å². The van der Waals surface area contributed by atoms with Gasteiger partial charge in [-0.05, 0) is 36.1 Å². The first kappa shape index (κ1) is 15.6. The molecule has 0 fully saturated rings. The molecule has 0 bridgehead atoms. The lowest BCUT2D eigenvalue weighted by atomic mass is 10.1. The van der Waals surface area contributed by atoms with Crippen LogP contribution >= 0.6 is 0 Å². The van der Waals surface area contributed by atoms with Crippen LogP contribution in [0.1, 0.15) is 21.5 Å². The number of hydrogen-bond acceptors (Lipinski definition) is 5. The molecule has 0 atom stereocenters. The normalized spacial score (nSPS) is 10.9. The zero-order chi connectivity index (χ0) is 18.4. The molecular formula is C19H13N5O2. The number of hydrogen-bond donors (Lipinski definition) is 2. The minimum Gasteiger partial charge on any atom is -0.382 e. The second-order valence-electron chi connectivity index (χ2n) is 6.00. The predicted octanol–water partition coefficient (Wildman–Crippen LogP) is 2.33. The summed E-state index contributed by atoms with van der Waals surface area (Å²) in [6.07, 6.45) is 1.50. The van der Waals surface area contributed by atoms with Crippen LogP contribution in [-0.4, -0.2) is 20.7 Å². The number of anilines is 1. The van der Waals surface area contributed by atoms with Crippen molar-refractivity contribution in [3.05, 3.63) is 69.6 Å². The third-order valence-corrected chi connectivity index (χ3v) is 4.38. The summed E-state index contributed by atoms with van der Waals surface area (Å²) >= 11 is 0. The molecule has 0 aliphatic carbocycles. The van der Waals surface area contributed by atoms with Gasteiger partial charge >= 0.3 is 0 Å². The number of pyridine rings is 1. The van der Waals surface area contributed by atoms with Crippen molar-refractivity contribution >= 4 is 33.4 Å². The van der Waals surface area contributed by atoms with Gasteiger partial charge in [0, 0.05) is 23.0 Å². The van der Waals surface area contributed by atoms with Gasteiger partial charge in [-0.2, -0.15) is 9.94 Å². The number of carbonyl (C=O) groups excluding carboxylic acids is 1. The van der Waals surface area contributed by atoms with Crippen molar-refractivity contribution in [3.63, 3.8) is 0 Å². The molecule has 0 amide bonds. The Morgan fingerprint density at radius 3 is 2.85 bits per heavy atom. The van der Waals surface area contributed by atoms with Gasteiger partial charge in [-0.15, -0.1) is 5.10 Å². The zero-order valence-corrected chi connectivity index (χ0v) is 13.8. The Morgan fingerprint density at radius 2 is 2.08 bits per heavy atom. The van der Waals surface area contributed by atoms with Crippen LogP contribution in [0.25, 0.3) is 21.7 Å². The van der Waals surface area contributed by atoms with Crippen molar-refractivity contribution in [2.75, 3.05) is 5.73 Å². The van der Waals surface area contributed by atoms with Crippen LogP contribution in [0.3, 0.4) is 0 Å². The summed E-state index contributed by atoms with van der Waals surface area (Å²) in [6.45, 7) is 1.80. The molecule has 7 nitrogen and oxygen atoms in total. The molecule has 0 aliphatic heterocycles. The number of nitrogens with two attached hydrogens (primary N) is 1. The maximum atomic E-state index is 13.1. The van der Waals surface area contributed by atoms with E-state index in [2.05, 4.69) is 16.2 Å². The third-order valence-electron chi connectivity index (χ3n) is 4.38. The highest BCUT2D eigenvalue weighted by atomic mass is 16.2. The largest absolute Gasteiger partial charge is 0.382 e. The maximum absolute atomic E-state index is 13.1. The average Bonchev–Trinajstić information content (AvgIpc) is 2.95. The maximum Gasteiger partial charge on any atom is 0.279 e. The minimum atomic E-state index is -0.392. The van der Waals surface area contributed by atoms with Gasteiger partial charge in [-0.1, -0.05) is 12.1 Å². The fraction of sp³-hybridized carbons (Fsp3) is 0.0526. The van der Waals surface area contributed by atoms with Gasteiger partial charge in [0.2, 0.25) is 5.56 Å². The summed E-state index contributed by atoms with van der Waals surface area (Å²) in [6, 6.07) is 12.0. The zero-order valence-electron chi connectivity index (χ0n) is 13.8. The highest BCUT2D eigenvalue weighted by Gasteiger charge is 2.19. The third kappa shape index (κ3) is 2.24. The summed E-state index contributed by atoms with van der Waals surface area (Å²) in [5.41, 5.74) is 7.79. The minimum absolute atomic E-state index is 0.217. The van der Waals surface area contributed by atoms with Crippen LogP contribution in [0.15, 0.2) is 47.4 Å². The number of nitrogens with one attached hydrogen (secondary N) is 1. The number of aromatic amines is 1. The molecule has 2 aromatic heterocycles. The monoisotopic (exact) mass is 343 g/mol. The number of nitriles is 1. The summed E-state index contributed by atoms with van der Waals surface area (Å²) in [5, 5.41) is 15.3. The average molecular weight is 343 g/mol. The van der Waals surface area contributed by atoms with E-state index in [9.17, 15) is 14.9 Å². The number of carbonyl (C=O) groups is 1. The molecule has 2 heterocycles. The van der Waals surface area contributed by atoms with Crippen LogP contribution in [-0.2, 0) is 0 Å². The van der Waals surface area contributed by atoms with Crippen molar-refractivity contribution in [2.24, 2.45) is 0 Å². The Hall–Kier alpha value is -3.92. The van der Waals surface area contributed by atoms with E-state index >= 15 is 0 Å². The number of fused-ring (bicyclic) bond motifs is 2.